The van der Waals surface area contributed by atoms with Crippen molar-refractivity contribution in [3.63, 3.8) is 0 Å². The molecule has 1 saturated heterocycles. The molecule has 68 heavy (non-hydrogen) atoms. The van der Waals surface area contributed by atoms with Crippen molar-refractivity contribution in [3.05, 3.63) is 0 Å². The van der Waals surface area contributed by atoms with Gasteiger partial charge in [-0.25, -0.2) is 0 Å². The molecule has 0 spiro atoms. The van der Waals surface area contributed by atoms with Gasteiger partial charge >= 0.3 is 17.9 Å². The minimum Gasteiger partial charge on any atom is -0.466 e. The van der Waals surface area contributed by atoms with Crippen LogP contribution < -0.4 is 0 Å². The van der Waals surface area contributed by atoms with E-state index in [0.29, 0.717) is 32.7 Å². The lowest BCUT2D eigenvalue weighted by molar-refractivity contribution is -0.161. The maximum Gasteiger partial charge on any atom is 0.323 e. The summed E-state index contributed by atoms with van der Waals surface area (Å²) in [5, 5.41) is 0. The molecule has 0 amide bonds. The Bertz CT molecular complexity index is 1150. The summed E-state index contributed by atoms with van der Waals surface area (Å²) in [6, 6.07) is -0.260. The van der Waals surface area contributed by atoms with Crippen LogP contribution in [0.3, 0.4) is 0 Å². The van der Waals surface area contributed by atoms with Crippen molar-refractivity contribution in [1.82, 2.24) is 9.80 Å². The Kier molecular flexibility index (Phi) is 41.6. The highest BCUT2D eigenvalue weighted by atomic mass is 16.5. The number of ether oxygens (including phenoxy) is 4. The van der Waals surface area contributed by atoms with E-state index in [9.17, 15) is 14.4 Å². The van der Waals surface area contributed by atoms with Gasteiger partial charge in [0.1, 0.15) is 12.1 Å². The number of rotatable bonds is 49. The molecular weight excluding hydrogens is 849 g/mol. The van der Waals surface area contributed by atoms with Gasteiger partial charge in [-0.2, -0.15) is 0 Å². The predicted molar refractivity (Wildman–Crippen MR) is 286 cm³/mol. The normalized spacial score (nSPS) is 15.6. The Morgan fingerprint density at radius 1 is 0.559 bits per heavy atom. The molecule has 0 unspecified atom stereocenters. The van der Waals surface area contributed by atoms with Crippen LogP contribution in [0.15, 0.2) is 0 Å². The zero-order valence-electron chi connectivity index (χ0n) is 46.5. The van der Waals surface area contributed by atoms with Gasteiger partial charge in [-0.1, -0.05) is 182 Å². The molecule has 1 heterocycles. The number of hydrogen-bond acceptors (Lipinski definition) is 9. The Labute approximate surface area is 421 Å². The van der Waals surface area contributed by atoms with E-state index in [0.717, 1.165) is 128 Å². The standard InChI is InChI=1S/C59H114N2O7/c1-9-13-17-19-22-30-41-53(42-31-23-20-18-14-10-2)68-58(64)59(5,6)44-33-25-27-35-47-67-57(63)55-50-54(65-49-37-45-60(7)8)51-61(55)46-34-26-21-24-32-43-56(62)66-48-36-40-52(38-28-15-11-3)39-29-16-12-4/h52-55H,9-51H2,1-8H3/t54-,55+/m1/s1. The summed E-state index contributed by atoms with van der Waals surface area (Å²) in [6.45, 7) is 17.5. The molecule has 0 aromatic carbocycles. The highest BCUT2D eigenvalue weighted by Crippen LogP contribution is 2.29. The quantitative estimate of drug-likeness (QED) is 0.0336. The third kappa shape index (κ3) is 35.4. The average molecular weight is 964 g/mol. The Morgan fingerprint density at radius 3 is 1.68 bits per heavy atom. The fraction of sp³-hybridized carbons (Fsp3) is 0.949. The monoisotopic (exact) mass is 963 g/mol. The molecule has 0 saturated carbocycles. The molecule has 0 radical (unpaired) electrons. The van der Waals surface area contributed by atoms with E-state index in [1.807, 2.05) is 0 Å². The fourth-order valence-electron chi connectivity index (χ4n) is 9.92. The molecular formula is C59H114N2O7. The van der Waals surface area contributed by atoms with Gasteiger partial charge in [0.15, 0.2) is 0 Å². The lowest BCUT2D eigenvalue weighted by atomic mass is 9.86. The van der Waals surface area contributed by atoms with Gasteiger partial charge in [0.25, 0.3) is 0 Å². The molecule has 1 aliphatic heterocycles. The number of likely N-dealkylation sites (tertiary alicyclic amines) is 1. The number of carbonyl (C=O) groups excluding carboxylic acids is 3. The smallest absolute Gasteiger partial charge is 0.323 e. The molecule has 9 nitrogen and oxygen atoms in total. The van der Waals surface area contributed by atoms with E-state index in [1.165, 1.54) is 122 Å². The first-order valence-corrected chi connectivity index (χ1v) is 29.5. The maximum absolute atomic E-state index is 13.5. The molecule has 0 N–H and O–H groups in total. The van der Waals surface area contributed by atoms with Crippen LogP contribution in [0, 0.1) is 11.3 Å². The Hall–Kier alpha value is -1.71. The highest BCUT2D eigenvalue weighted by molar-refractivity contribution is 5.76. The van der Waals surface area contributed by atoms with Gasteiger partial charge in [-0.15, -0.1) is 0 Å². The summed E-state index contributed by atoms with van der Waals surface area (Å²) in [5.74, 6) is 0.580. The molecule has 1 fully saturated rings. The van der Waals surface area contributed by atoms with E-state index in [1.54, 1.807) is 0 Å². The van der Waals surface area contributed by atoms with Crippen molar-refractivity contribution < 1.29 is 33.3 Å². The first-order valence-electron chi connectivity index (χ1n) is 29.5. The molecule has 2 atom stereocenters. The molecule has 1 rings (SSSR count). The lowest BCUT2D eigenvalue weighted by Gasteiger charge is -2.27. The van der Waals surface area contributed by atoms with Gasteiger partial charge in [0, 0.05) is 26.0 Å². The second-order valence-electron chi connectivity index (χ2n) is 22.0. The number of esters is 3. The Balaban J connectivity index is 2.45. The van der Waals surface area contributed by atoms with E-state index in [-0.39, 0.29) is 36.2 Å². The van der Waals surface area contributed by atoms with Gasteiger partial charge in [-0.3, -0.25) is 19.3 Å². The predicted octanol–water partition coefficient (Wildman–Crippen LogP) is 15.8. The van der Waals surface area contributed by atoms with Crippen LogP contribution in [-0.4, -0.2) is 99.5 Å². The summed E-state index contributed by atoms with van der Waals surface area (Å²) in [6.07, 6.45) is 41.6. The van der Waals surface area contributed by atoms with Crippen molar-refractivity contribution in [2.45, 2.75) is 297 Å². The average Bonchev–Trinajstić information content (AvgIpc) is 3.73. The lowest BCUT2D eigenvalue weighted by Crippen LogP contribution is -2.38. The van der Waals surface area contributed by atoms with Gasteiger partial charge in [0.2, 0.25) is 0 Å². The van der Waals surface area contributed by atoms with Crippen LogP contribution in [0.5, 0.6) is 0 Å². The first kappa shape index (κ1) is 64.3. The fourth-order valence-corrected chi connectivity index (χ4v) is 9.92. The Morgan fingerprint density at radius 2 is 1.06 bits per heavy atom. The molecule has 0 bridgehead atoms. The number of unbranched alkanes of at least 4 members (excludes halogenated alkanes) is 21. The number of carbonyl (C=O) groups is 3. The third-order valence-corrected chi connectivity index (χ3v) is 14.5. The number of hydrogen-bond donors (Lipinski definition) is 0. The minimum atomic E-state index is -0.498. The topological polar surface area (TPSA) is 94.6 Å². The van der Waals surface area contributed by atoms with Crippen LogP contribution in [-0.2, 0) is 33.3 Å². The molecule has 9 heteroatoms. The molecule has 402 valence electrons. The van der Waals surface area contributed by atoms with Gasteiger partial charge < -0.3 is 23.8 Å². The summed E-state index contributed by atoms with van der Waals surface area (Å²) >= 11 is 0. The van der Waals surface area contributed by atoms with Crippen LogP contribution >= 0.6 is 0 Å². The minimum absolute atomic E-state index is 0.0356. The zero-order chi connectivity index (χ0) is 49.9. The van der Waals surface area contributed by atoms with E-state index in [2.05, 4.69) is 65.4 Å². The summed E-state index contributed by atoms with van der Waals surface area (Å²) < 4.78 is 24.1. The zero-order valence-corrected chi connectivity index (χ0v) is 46.5. The third-order valence-electron chi connectivity index (χ3n) is 14.5. The van der Waals surface area contributed by atoms with Crippen molar-refractivity contribution in [2.75, 3.05) is 53.6 Å². The summed E-state index contributed by atoms with van der Waals surface area (Å²) in [5.41, 5.74) is -0.498. The molecule has 0 aromatic heterocycles. The summed E-state index contributed by atoms with van der Waals surface area (Å²) in [4.78, 5) is 43.9. The molecule has 0 aromatic rings. The van der Waals surface area contributed by atoms with Crippen molar-refractivity contribution in [3.8, 4) is 0 Å². The SMILES string of the molecule is CCCCCCCCC(CCCCCCCC)OC(=O)C(C)(C)CCCCCCOC(=O)[C@@H]1C[C@@H](OCCCN(C)C)CN1CCCCCCCC(=O)OCCCC(CCCCC)CCCCC. The van der Waals surface area contributed by atoms with Crippen molar-refractivity contribution >= 4 is 17.9 Å². The molecule has 1 aliphatic rings. The molecule has 0 aliphatic carbocycles. The highest BCUT2D eigenvalue weighted by Gasteiger charge is 2.38. The van der Waals surface area contributed by atoms with Crippen molar-refractivity contribution in [2.24, 2.45) is 11.3 Å². The van der Waals surface area contributed by atoms with E-state index < -0.39 is 5.41 Å². The van der Waals surface area contributed by atoms with Crippen LogP contribution in [0.1, 0.15) is 279 Å². The number of nitrogens with zero attached hydrogens (tertiary/aromatic N) is 2. The van der Waals surface area contributed by atoms with Gasteiger partial charge in [-0.05, 0) is 118 Å². The van der Waals surface area contributed by atoms with Crippen LogP contribution in [0.25, 0.3) is 0 Å². The second kappa shape index (κ2) is 44.0. The largest absolute Gasteiger partial charge is 0.466 e. The maximum atomic E-state index is 13.5. The summed E-state index contributed by atoms with van der Waals surface area (Å²) in [7, 11) is 4.16. The van der Waals surface area contributed by atoms with Crippen molar-refractivity contribution in [1.29, 1.82) is 0 Å². The van der Waals surface area contributed by atoms with Crippen LogP contribution in [0.2, 0.25) is 0 Å². The van der Waals surface area contributed by atoms with E-state index >= 15 is 0 Å². The second-order valence-corrected chi connectivity index (χ2v) is 22.0. The van der Waals surface area contributed by atoms with Crippen LogP contribution in [0.4, 0.5) is 0 Å². The first-order chi connectivity index (χ1) is 33.0. The van der Waals surface area contributed by atoms with E-state index in [4.69, 9.17) is 18.9 Å². The van der Waals surface area contributed by atoms with Gasteiger partial charge in [0.05, 0.1) is 24.7 Å².